The largest absolute Gasteiger partial charge is 0.391 e. The molecule has 82 valence electrons. The second-order valence-corrected chi connectivity index (χ2v) is 5.00. The molecule has 2 atom stereocenters. The second-order valence-electron chi connectivity index (χ2n) is 5.00. The topological polar surface area (TPSA) is 23.5 Å². The van der Waals surface area contributed by atoms with Crippen LogP contribution in [0.3, 0.4) is 0 Å². The molecule has 0 aromatic carbocycles. The highest BCUT2D eigenvalue weighted by Crippen LogP contribution is 2.33. The van der Waals surface area contributed by atoms with Crippen molar-refractivity contribution in [2.75, 3.05) is 13.1 Å². The Morgan fingerprint density at radius 1 is 1.21 bits per heavy atom. The molecule has 2 aliphatic rings. The van der Waals surface area contributed by atoms with Gasteiger partial charge in [-0.3, -0.25) is 4.90 Å². The molecular weight excluding hydrogens is 174 g/mol. The highest BCUT2D eigenvalue weighted by Gasteiger charge is 2.33. The third-order valence-corrected chi connectivity index (χ3v) is 3.61. The zero-order valence-electron chi connectivity index (χ0n) is 9.28. The molecule has 2 rings (SSSR count). The Labute approximate surface area is 87.3 Å². The summed E-state index contributed by atoms with van der Waals surface area (Å²) >= 11 is 0. The summed E-state index contributed by atoms with van der Waals surface area (Å²) in [6.45, 7) is 4.66. The van der Waals surface area contributed by atoms with Crippen LogP contribution < -0.4 is 0 Å². The third kappa shape index (κ3) is 2.48. The molecule has 2 fully saturated rings. The van der Waals surface area contributed by atoms with E-state index in [-0.39, 0.29) is 6.10 Å². The predicted octanol–water partition coefficient (Wildman–Crippen LogP) is 2.02. The summed E-state index contributed by atoms with van der Waals surface area (Å²) in [4.78, 5) is 2.55. The van der Waals surface area contributed by atoms with E-state index in [0.29, 0.717) is 6.04 Å². The molecule has 2 nitrogen and oxygen atoms in total. The molecule has 0 aromatic heterocycles. The highest BCUT2D eigenvalue weighted by atomic mass is 16.3. The Morgan fingerprint density at radius 2 is 2.00 bits per heavy atom. The van der Waals surface area contributed by atoms with Gasteiger partial charge in [-0.2, -0.15) is 0 Å². The van der Waals surface area contributed by atoms with Crippen LogP contribution in [0.25, 0.3) is 0 Å². The Kier molecular flexibility index (Phi) is 3.45. The van der Waals surface area contributed by atoms with Gasteiger partial charge >= 0.3 is 0 Å². The third-order valence-electron chi connectivity index (χ3n) is 3.61. The Hall–Kier alpha value is -0.0800. The van der Waals surface area contributed by atoms with Crippen LogP contribution in [-0.4, -0.2) is 35.2 Å². The van der Waals surface area contributed by atoms with Crippen LogP contribution >= 0.6 is 0 Å². The molecular formula is C12H23NO. The lowest BCUT2D eigenvalue weighted by molar-refractivity contribution is 0.0676. The summed E-state index contributed by atoms with van der Waals surface area (Å²) in [5.74, 6) is 0.953. The average molecular weight is 197 g/mol. The molecule has 2 aliphatic carbocycles. The van der Waals surface area contributed by atoms with Gasteiger partial charge in [0.2, 0.25) is 0 Å². The Balaban J connectivity index is 1.86. The van der Waals surface area contributed by atoms with Gasteiger partial charge in [0.05, 0.1) is 6.10 Å². The van der Waals surface area contributed by atoms with E-state index in [4.69, 9.17) is 0 Å². The molecule has 1 N–H and O–H groups in total. The van der Waals surface area contributed by atoms with Crippen molar-refractivity contribution < 1.29 is 5.11 Å². The quantitative estimate of drug-likeness (QED) is 0.729. The zero-order valence-corrected chi connectivity index (χ0v) is 9.28. The maximum absolute atomic E-state index is 9.88. The number of hydrogen-bond acceptors (Lipinski definition) is 2. The van der Waals surface area contributed by atoms with Crippen LogP contribution in [0.1, 0.15) is 45.4 Å². The monoisotopic (exact) mass is 197 g/mol. The van der Waals surface area contributed by atoms with E-state index in [0.717, 1.165) is 12.3 Å². The van der Waals surface area contributed by atoms with Crippen molar-refractivity contribution in [2.24, 2.45) is 5.92 Å². The molecule has 0 radical (unpaired) electrons. The minimum Gasteiger partial charge on any atom is -0.391 e. The normalized spacial score (nSPS) is 32.8. The van der Waals surface area contributed by atoms with Gasteiger partial charge in [-0.1, -0.05) is 6.92 Å². The smallest absolute Gasteiger partial charge is 0.0695 e. The lowest BCUT2D eigenvalue weighted by Crippen LogP contribution is -2.42. The minimum absolute atomic E-state index is 0.0414. The number of hydrogen-bond donors (Lipinski definition) is 1. The van der Waals surface area contributed by atoms with Crippen LogP contribution in [0, 0.1) is 5.92 Å². The molecule has 0 aliphatic heterocycles. The molecule has 0 unspecified atom stereocenters. The van der Waals surface area contributed by atoms with Crippen LogP contribution in [-0.2, 0) is 0 Å². The fourth-order valence-corrected chi connectivity index (χ4v) is 2.66. The molecule has 2 heteroatoms. The second kappa shape index (κ2) is 4.63. The lowest BCUT2D eigenvalue weighted by atomic mass is 10.1. The fraction of sp³-hybridized carbons (Fsp3) is 1.00. The molecule has 0 bridgehead atoms. The van der Waals surface area contributed by atoms with Crippen molar-refractivity contribution in [1.29, 1.82) is 0 Å². The van der Waals surface area contributed by atoms with E-state index < -0.39 is 0 Å². The molecule has 2 saturated carbocycles. The van der Waals surface area contributed by atoms with Crippen molar-refractivity contribution >= 4 is 0 Å². The maximum atomic E-state index is 9.88. The number of rotatable bonds is 5. The average Bonchev–Trinajstić information content (AvgIpc) is 2.87. The molecule has 14 heavy (non-hydrogen) atoms. The van der Waals surface area contributed by atoms with Crippen molar-refractivity contribution in [1.82, 2.24) is 4.90 Å². The van der Waals surface area contributed by atoms with E-state index in [2.05, 4.69) is 11.8 Å². The Bertz CT molecular complexity index is 179. The Morgan fingerprint density at radius 3 is 2.50 bits per heavy atom. The van der Waals surface area contributed by atoms with Gasteiger partial charge in [0.15, 0.2) is 0 Å². The highest BCUT2D eigenvalue weighted by molar-refractivity contribution is 4.88. The first-order chi connectivity index (χ1) is 6.81. The zero-order chi connectivity index (χ0) is 9.97. The number of aliphatic hydroxyl groups is 1. The summed E-state index contributed by atoms with van der Waals surface area (Å²) in [5.41, 5.74) is 0. The van der Waals surface area contributed by atoms with E-state index in [1.807, 2.05) is 0 Å². The van der Waals surface area contributed by atoms with Crippen LogP contribution in [0.2, 0.25) is 0 Å². The van der Waals surface area contributed by atoms with Crippen LogP contribution in [0.15, 0.2) is 0 Å². The lowest BCUT2D eigenvalue weighted by Gasteiger charge is -2.30. The van der Waals surface area contributed by atoms with E-state index in [9.17, 15) is 5.11 Å². The predicted molar refractivity (Wildman–Crippen MR) is 58.2 cm³/mol. The van der Waals surface area contributed by atoms with E-state index in [1.54, 1.807) is 0 Å². The summed E-state index contributed by atoms with van der Waals surface area (Å²) in [5, 5.41) is 9.88. The fourth-order valence-electron chi connectivity index (χ4n) is 2.66. The SMILES string of the molecule is CCCN(CC1CC1)[C@H]1CCC[C@@H]1O. The summed E-state index contributed by atoms with van der Waals surface area (Å²) in [6.07, 6.45) is 7.47. The van der Waals surface area contributed by atoms with Gasteiger partial charge in [-0.25, -0.2) is 0 Å². The number of nitrogens with zero attached hydrogens (tertiary/aromatic N) is 1. The van der Waals surface area contributed by atoms with Gasteiger partial charge in [-0.15, -0.1) is 0 Å². The van der Waals surface area contributed by atoms with E-state index >= 15 is 0 Å². The van der Waals surface area contributed by atoms with Crippen molar-refractivity contribution in [3.05, 3.63) is 0 Å². The minimum atomic E-state index is -0.0414. The summed E-state index contributed by atoms with van der Waals surface area (Å²) < 4.78 is 0. The van der Waals surface area contributed by atoms with Gasteiger partial charge in [0.25, 0.3) is 0 Å². The van der Waals surface area contributed by atoms with Gasteiger partial charge in [-0.05, 0) is 51.0 Å². The van der Waals surface area contributed by atoms with Gasteiger partial charge in [0, 0.05) is 12.6 Å². The molecule has 0 amide bonds. The molecule has 0 aromatic rings. The van der Waals surface area contributed by atoms with Crippen molar-refractivity contribution in [3.63, 3.8) is 0 Å². The summed E-state index contributed by atoms with van der Waals surface area (Å²) in [6, 6.07) is 0.482. The van der Waals surface area contributed by atoms with Crippen LogP contribution in [0.4, 0.5) is 0 Å². The van der Waals surface area contributed by atoms with Gasteiger partial charge < -0.3 is 5.11 Å². The molecule has 0 heterocycles. The first-order valence-corrected chi connectivity index (χ1v) is 6.23. The van der Waals surface area contributed by atoms with E-state index in [1.165, 1.54) is 45.2 Å². The first-order valence-electron chi connectivity index (χ1n) is 6.23. The first kappa shape index (κ1) is 10.4. The van der Waals surface area contributed by atoms with Crippen LogP contribution in [0.5, 0.6) is 0 Å². The van der Waals surface area contributed by atoms with Crippen molar-refractivity contribution in [2.45, 2.75) is 57.6 Å². The number of aliphatic hydroxyl groups excluding tert-OH is 1. The summed E-state index contributed by atoms with van der Waals surface area (Å²) in [7, 11) is 0. The standard InChI is InChI=1S/C12H23NO/c1-2-8-13(9-10-6-7-10)11-4-3-5-12(11)14/h10-12,14H,2-9H2,1H3/t11-,12-/m0/s1. The molecule has 0 spiro atoms. The van der Waals surface area contributed by atoms with Crippen molar-refractivity contribution in [3.8, 4) is 0 Å². The maximum Gasteiger partial charge on any atom is 0.0695 e. The molecule has 0 saturated heterocycles. The van der Waals surface area contributed by atoms with Gasteiger partial charge in [0.1, 0.15) is 0 Å².